The van der Waals surface area contributed by atoms with E-state index in [1.807, 2.05) is 65.0 Å². The number of likely N-dealkylation sites (N-methyl/N-ethyl adjacent to an activating group) is 1. The number of aromatic nitrogens is 3. The number of hydrogen-bond acceptors (Lipinski definition) is 7. The molecule has 4 heterocycles. The SMILES string of the molecule is CC1CC(c2cccc(N3Cc4c(cc(CN(C)[C@@H]5CN([C@H]6CCN(C(=O)OCc7ccccc7)C6)C[C@H]5F)cc4C(F)(F)F)C3=O)c2)(c2nncn2C)C1. The molecular formula is C41H45F4N7O3. The zero-order chi connectivity index (χ0) is 38.6. The van der Waals surface area contributed by atoms with E-state index in [-0.39, 0.29) is 43.4 Å². The first-order valence-corrected chi connectivity index (χ1v) is 18.8. The molecular weight excluding hydrogens is 714 g/mol. The van der Waals surface area contributed by atoms with Crippen molar-refractivity contribution < 1.29 is 31.9 Å². The second-order valence-electron chi connectivity index (χ2n) is 15.9. The fraction of sp³-hybridized carbons (Fsp3) is 0.463. The fourth-order valence-corrected chi connectivity index (χ4v) is 9.30. The van der Waals surface area contributed by atoms with Gasteiger partial charge in [-0.15, -0.1) is 10.2 Å². The van der Waals surface area contributed by atoms with Crippen molar-refractivity contribution in [1.82, 2.24) is 29.5 Å². The number of amides is 2. The molecule has 3 fully saturated rings. The van der Waals surface area contributed by atoms with Gasteiger partial charge in [0.25, 0.3) is 5.91 Å². The molecule has 10 nitrogen and oxygen atoms in total. The summed E-state index contributed by atoms with van der Waals surface area (Å²) in [7, 11) is 3.60. The minimum absolute atomic E-state index is 0.0129. The van der Waals surface area contributed by atoms with Crippen molar-refractivity contribution in [3.8, 4) is 0 Å². The number of carbonyl (C=O) groups excluding carboxylic acids is 2. The van der Waals surface area contributed by atoms with Gasteiger partial charge >= 0.3 is 12.3 Å². The van der Waals surface area contributed by atoms with Gasteiger partial charge in [0.2, 0.25) is 0 Å². The number of rotatable bonds is 9. The fourth-order valence-electron chi connectivity index (χ4n) is 9.30. The summed E-state index contributed by atoms with van der Waals surface area (Å²) < 4.78 is 67.0. The largest absolute Gasteiger partial charge is 0.445 e. The van der Waals surface area contributed by atoms with E-state index in [0.29, 0.717) is 43.2 Å². The highest BCUT2D eigenvalue weighted by Gasteiger charge is 2.49. The zero-order valence-electron chi connectivity index (χ0n) is 31.2. The number of anilines is 1. The highest BCUT2D eigenvalue weighted by molar-refractivity contribution is 6.10. The van der Waals surface area contributed by atoms with E-state index in [1.165, 1.54) is 11.0 Å². The Morgan fingerprint density at radius 3 is 2.51 bits per heavy atom. The predicted molar refractivity (Wildman–Crippen MR) is 197 cm³/mol. The van der Waals surface area contributed by atoms with Crippen molar-refractivity contribution >= 4 is 17.7 Å². The highest BCUT2D eigenvalue weighted by Crippen LogP contribution is 2.52. The molecule has 2 amide bonds. The molecule has 0 unspecified atom stereocenters. The minimum atomic E-state index is -4.70. The van der Waals surface area contributed by atoms with E-state index in [9.17, 15) is 22.8 Å². The monoisotopic (exact) mass is 759 g/mol. The summed E-state index contributed by atoms with van der Waals surface area (Å²) in [6.07, 6.45) is -2.34. The molecule has 3 atom stereocenters. The van der Waals surface area contributed by atoms with Crippen LogP contribution < -0.4 is 4.90 Å². The molecule has 0 spiro atoms. The highest BCUT2D eigenvalue weighted by atomic mass is 19.4. The second kappa shape index (κ2) is 14.4. The lowest BCUT2D eigenvalue weighted by Crippen LogP contribution is -2.43. The molecule has 0 N–H and O–H groups in total. The molecule has 14 heteroatoms. The summed E-state index contributed by atoms with van der Waals surface area (Å²) in [5.41, 5.74) is 1.35. The van der Waals surface area contributed by atoms with Gasteiger partial charge in [0.1, 0.15) is 24.9 Å². The lowest BCUT2D eigenvalue weighted by atomic mass is 9.58. The molecule has 55 heavy (non-hydrogen) atoms. The van der Waals surface area contributed by atoms with E-state index >= 15 is 4.39 Å². The number of fused-ring (bicyclic) bond motifs is 1. The lowest BCUT2D eigenvalue weighted by molar-refractivity contribution is -0.138. The molecule has 8 rings (SSSR count). The number of halogens is 4. The average molecular weight is 760 g/mol. The minimum Gasteiger partial charge on any atom is -0.445 e. The van der Waals surface area contributed by atoms with Crippen LogP contribution in [0.1, 0.15) is 70.2 Å². The molecule has 1 aliphatic carbocycles. The van der Waals surface area contributed by atoms with Gasteiger partial charge in [-0.05, 0) is 78.7 Å². The van der Waals surface area contributed by atoms with E-state index in [2.05, 4.69) is 17.1 Å². The van der Waals surface area contributed by atoms with Crippen LogP contribution in [0.15, 0.2) is 73.1 Å². The van der Waals surface area contributed by atoms with Crippen molar-refractivity contribution in [2.75, 3.05) is 38.1 Å². The van der Waals surface area contributed by atoms with Crippen LogP contribution in [-0.4, -0.2) is 92.9 Å². The summed E-state index contributed by atoms with van der Waals surface area (Å²) in [5, 5.41) is 8.50. The lowest BCUT2D eigenvalue weighted by Gasteiger charge is -2.46. The number of benzene rings is 3. The molecule has 4 aliphatic rings. The van der Waals surface area contributed by atoms with Gasteiger partial charge in [0.05, 0.1) is 23.6 Å². The van der Waals surface area contributed by atoms with Crippen molar-refractivity contribution in [2.45, 2.75) is 75.7 Å². The van der Waals surface area contributed by atoms with Gasteiger partial charge in [-0.1, -0.05) is 49.4 Å². The summed E-state index contributed by atoms with van der Waals surface area (Å²) >= 11 is 0. The maximum Gasteiger partial charge on any atom is 0.416 e. The Hall–Kier alpha value is -4.82. The molecule has 2 saturated heterocycles. The molecule has 4 aromatic rings. The maximum atomic E-state index is 15.6. The standard InChI is InChI=1S/C41H45F4N7O3/c1-26-17-40(18-26,38-47-46-25-49(38)3)29-10-7-11-30(16-29)52-21-33-32(37(52)53)14-28(15-34(33)41(43,44)45)19-48(2)36-23-51(22-35(36)42)31-12-13-50(20-31)39(54)55-24-27-8-5-4-6-9-27/h4-11,14-16,25-26,31,35-36H,12-13,17-24H2,1-3H3/t26?,31-,35+,36+,40?/m0/s1. The average Bonchev–Trinajstić information content (AvgIpc) is 3.96. The summed E-state index contributed by atoms with van der Waals surface area (Å²) in [4.78, 5) is 33.6. The van der Waals surface area contributed by atoms with Crippen molar-refractivity contribution in [2.24, 2.45) is 13.0 Å². The Morgan fingerprint density at radius 1 is 1.02 bits per heavy atom. The van der Waals surface area contributed by atoms with Crippen molar-refractivity contribution in [3.63, 3.8) is 0 Å². The van der Waals surface area contributed by atoms with Gasteiger partial charge in [0, 0.05) is 57.1 Å². The third-order valence-corrected chi connectivity index (χ3v) is 12.0. The third-order valence-electron chi connectivity index (χ3n) is 12.0. The molecule has 0 radical (unpaired) electrons. The van der Waals surface area contributed by atoms with Crippen LogP contribution in [0.2, 0.25) is 0 Å². The smallest absolute Gasteiger partial charge is 0.416 e. The van der Waals surface area contributed by atoms with Gasteiger partial charge in [-0.2, -0.15) is 13.2 Å². The first-order valence-electron chi connectivity index (χ1n) is 18.8. The number of likely N-dealkylation sites (tertiary alicyclic amines) is 2. The number of ether oxygens (including phenoxy) is 1. The van der Waals surface area contributed by atoms with E-state index in [4.69, 9.17) is 4.74 Å². The predicted octanol–water partition coefficient (Wildman–Crippen LogP) is 6.58. The van der Waals surface area contributed by atoms with Gasteiger partial charge in [0.15, 0.2) is 0 Å². The van der Waals surface area contributed by atoms with Gasteiger partial charge in [-0.3, -0.25) is 14.6 Å². The van der Waals surface area contributed by atoms with Crippen molar-refractivity contribution in [3.05, 3.63) is 112 Å². The van der Waals surface area contributed by atoms with Crippen LogP contribution in [0.4, 0.5) is 28.0 Å². The van der Waals surface area contributed by atoms with Crippen LogP contribution >= 0.6 is 0 Å². The quantitative estimate of drug-likeness (QED) is 0.179. The Balaban J connectivity index is 0.958. The number of aryl methyl sites for hydroxylation is 1. The Labute approximate surface area is 317 Å². The van der Waals surface area contributed by atoms with Crippen LogP contribution in [-0.2, 0) is 43.1 Å². The third kappa shape index (κ3) is 6.99. The molecule has 1 aromatic heterocycles. The molecule has 3 aliphatic heterocycles. The molecule has 290 valence electrons. The topological polar surface area (TPSA) is 87.0 Å². The van der Waals surface area contributed by atoms with E-state index < -0.39 is 41.4 Å². The van der Waals surface area contributed by atoms with Crippen LogP contribution in [0.5, 0.6) is 0 Å². The maximum absolute atomic E-state index is 15.6. The van der Waals surface area contributed by atoms with Crippen LogP contribution in [0, 0.1) is 5.92 Å². The summed E-state index contributed by atoms with van der Waals surface area (Å²) in [6.45, 7) is 3.59. The normalized spacial score (nSPS) is 25.5. The van der Waals surface area contributed by atoms with Crippen LogP contribution in [0.3, 0.4) is 0 Å². The zero-order valence-corrected chi connectivity index (χ0v) is 31.2. The number of alkyl halides is 4. The summed E-state index contributed by atoms with van der Waals surface area (Å²) in [6, 6.07) is 18.9. The first-order chi connectivity index (χ1) is 26.3. The second-order valence-corrected chi connectivity index (χ2v) is 15.9. The van der Waals surface area contributed by atoms with Crippen molar-refractivity contribution in [1.29, 1.82) is 0 Å². The van der Waals surface area contributed by atoms with Gasteiger partial charge in [-0.25, -0.2) is 9.18 Å². The Kier molecular flexibility index (Phi) is 9.69. The van der Waals surface area contributed by atoms with E-state index in [0.717, 1.165) is 35.9 Å². The molecule has 1 saturated carbocycles. The number of hydrogen-bond donors (Lipinski definition) is 0. The van der Waals surface area contributed by atoms with E-state index in [1.54, 1.807) is 29.2 Å². The molecule has 3 aromatic carbocycles. The van der Waals surface area contributed by atoms with Gasteiger partial charge < -0.3 is 19.1 Å². The Morgan fingerprint density at radius 2 is 1.80 bits per heavy atom. The summed E-state index contributed by atoms with van der Waals surface area (Å²) in [5.74, 6) is 0.774. The first kappa shape index (κ1) is 37.1. The number of carbonyl (C=O) groups is 2. The number of nitrogens with zero attached hydrogens (tertiary/aromatic N) is 7. The van der Waals surface area contributed by atoms with Crippen LogP contribution in [0.25, 0.3) is 0 Å². The molecule has 0 bridgehead atoms. The Bertz CT molecular complexity index is 2070.